The molecule has 13 heteroatoms. The quantitative estimate of drug-likeness (QED) is 0.298. The van der Waals surface area contributed by atoms with Crippen LogP contribution in [0.4, 0.5) is 32.2 Å². The molecule has 4 heterocycles. The zero-order valence-corrected chi connectivity index (χ0v) is 25.3. The van der Waals surface area contributed by atoms with Crippen LogP contribution < -0.4 is 9.64 Å². The van der Waals surface area contributed by atoms with Gasteiger partial charge < -0.3 is 19.3 Å². The van der Waals surface area contributed by atoms with Gasteiger partial charge >= 0.3 is 12.4 Å². The highest BCUT2D eigenvalue weighted by atomic mass is 19.4. The lowest BCUT2D eigenvalue weighted by Gasteiger charge is -2.40. The molecule has 0 atom stereocenters. The van der Waals surface area contributed by atoms with Crippen molar-refractivity contribution >= 4 is 11.7 Å². The van der Waals surface area contributed by atoms with Gasteiger partial charge in [0, 0.05) is 44.3 Å². The Labute approximate surface area is 262 Å². The lowest BCUT2D eigenvalue weighted by molar-refractivity contribution is -0.143. The summed E-state index contributed by atoms with van der Waals surface area (Å²) in [6, 6.07) is 11.1. The molecule has 0 bridgehead atoms. The molecule has 7 nitrogen and oxygen atoms in total. The summed E-state index contributed by atoms with van der Waals surface area (Å²) in [7, 11) is 0. The zero-order valence-electron chi connectivity index (χ0n) is 25.3. The van der Waals surface area contributed by atoms with E-state index in [4.69, 9.17) is 14.5 Å². The predicted octanol–water partition coefficient (Wildman–Crippen LogP) is 6.43. The standard InChI is InChI=1S/C33H34F6N4O3/c1-21-4-2-3-5-26(21)27-19-28(42-8-6-25(7-9-42)41-10-13-45-14-11-41)40-30-29(27)31(44)43(12-15-46-30)20-22-16-23(32(34,35)36)18-24(17-22)33(37,38)39/h2-5,16-19,25H,6-15,20H2,1H3. The molecule has 3 aliphatic rings. The lowest BCUT2D eigenvalue weighted by atomic mass is 9.95. The molecule has 0 N–H and O–H groups in total. The maximum atomic E-state index is 14.1. The third kappa shape index (κ3) is 6.80. The van der Waals surface area contributed by atoms with Gasteiger partial charge in [-0.2, -0.15) is 31.3 Å². The second-order valence-electron chi connectivity index (χ2n) is 11.9. The van der Waals surface area contributed by atoms with Gasteiger partial charge in [-0.1, -0.05) is 24.3 Å². The number of benzene rings is 2. The molecule has 246 valence electrons. The minimum atomic E-state index is -5.00. The number of nitrogens with zero attached hydrogens (tertiary/aromatic N) is 4. The first-order valence-electron chi connectivity index (χ1n) is 15.3. The number of carbonyl (C=O) groups excluding carboxylic acids is 1. The highest BCUT2D eigenvalue weighted by Crippen LogP contribution is 2.39. The highest BCUT2D eigenvalue weighted by molar-refractivity contribution is 6.04. The number of aromatic nitrogens is 1. The Morgan fingerprint density at radius 2 is 1.48 bits per heavy atom. The van der Waals surface area contributed by atoms with Crippen LogP contribution >= 0.6 is 0 Å². The van der Waals surface area contributed by atoms with E-state index in [2.05, 4.69) is 9.80 Å². The molecule has 0 saturated carbocycles. The Balaban J connectivity index is 1.34. The van der Waals surface area contributed by atoms with Crippen LogP contribution in [0.5, 0.6) is 5.88 Å². The average Bonchev–Trinajstić information content (AvgIpc) is 3.18. The number of fused-ring (bicyclic) bond motifs is 1. The van der Waals surface area contributed by atoms with Crippen LogP contribution in [-0.2, 0) is 23.6 Å². The number of piperidine rings is 1. The average molecular weight is 649 g/mol. The molecule has 1 aromatic heterocycles. The normalized spacial score (nSPS) is 18.7. The van der Waals surface area contributed by atoms with Gasteiger partial charge in [0.2, 0.25) is 5.88 Å². The number of rotatable bonds is 5. The first kappa shape index (κ1) is 32.1. The molecule has 3 aliphatic heterocycles. The van der Waals surface area contributed by atoms with Crippen LogP contribution in [0.3, 0.4) is 0 Å². The molecule has 2 aromatic carbocycles. The summed E-state index contributed by atoms with van der Waals surface area (Å²) in [5, 5.41) is 0. The lowest BCUT2D eigenvalue weighted by Crippen LogP contribution is -2.49. The van der Waals surface area contributed by atoms with E-state index < -0.39 is 35.9 Å². The Bertz CT molecular complexity index is 1550. The summed E-state index contributed by atoms with van der Waals surface area (Å²) in [5.41, 5.74) is -0.843. The van der Waals surface area contributed by atoms with Crippen LogP contribution in [0, 0.1) is 6.92 Å². The van der Waals surface area contributed by atoms with E-state index in [0.29, 0.717) is 29.6 Å². The van der Waals surface area contributed by atoms with E-state index in [9.17, 15) is 31.1 Å². The van der Waals surface area contributed by atoms with Crippen molar-refractivity contribution in [2.24, 2.45) is 0 Å². The number of aryl methyl sites for hydroxylation is 1. The molecule has 0 radical (unpaired) electrons. The first-order valence-corrected chi connectivity index (χ1v) is 15.3. The van der Waals surface area contributed by atoms with E-state index in [-0.39, 0.29) is 36.2 Å². The summed E-state index contributed by atoms with van der Waals surface area (Å²) < 4.78 is 92.8. The fourth-order valence-corrected chi connectivity index (χ4v) is 6.47. The number of hydrogen-bond acceptors (Lipinski definition) is 6. The summed E-state index contributed by atoms with van der Waals surface area (Å²) in [4.78, 5) is 24.8. The molecule has 0 aliphatic carbocycles. The minimum Gasteiger partial charge on any atom is -0.475 e. The van der Waals surface area contributed by atoms with E-state index in [1.807, 2.05) is 37.3 Å². The van der Waals surface area contributed by atoms with Gasteiger partial charge in [0.05, 0.1) is 30.9 Å². The number of carbonyl (C=O) groups is 1. The monoisotopic (exact) mass is 648 g/mol. The van der Waals surface area contributed by atoms with Crippen molar-refractivity contribution < 1.29 is 40.6 Å². The molecular weight excluding hydrogens is 614 g/mol. The second kappa shape index (κ2) is 12.7. The largest absolute Gasteiger partial charge is 0.475 e. The smallest absolute Gasteiger partial charge is 0.416 e. The van der Waals surface area contributed by atoms with Gasteiger partial charge in [-0.25, -0.2) is 0 Å². The van der Waals surface area contributed by atoms with Crippen molar-refractivity contribution in [3.63, 3.8) is 0 Å². The van der Waals surface area contributed by atoms with Gasteiger partial charge in [-0.05, 0) is 60.7 Å². The highest BCUT2D eigenvalue weighted by Gasteiger charge is 2.38. The second-order valence-corrected chi connectivity index (χ2v) is 11.9. The molecule has 2 saturated heterocycles. The summed E-state index contributed by atoms with van der Waals surface area (Å²) in [6.45, 7) is 6.10. The van der Waals surface area contributed by atoms with Crippen molar-refractivity contribution in [2.45, 2.75) is 44.7 Å². The van der Waals surface area contributed by atoms with Crippen LogP contribution in [0.15, 0.2) is 48.5 Å². The predicted molar refractivity (Wildman–Crippen MR) is 159 cm³/mol. The summed E-state index contributed by atoms with van der Waals surface area (Å²) in [6.07, 6.45) is -8.13. The van der Waals surface area contributed by atoms with Crippen molar-refractivity contribution in [1.29, 1.82) is 0 Å². The van der Waals surface area contributed by atoms with Gasteiger partial charge in [-0.3, -0.25) is 9.69 Å². The number of morpholine rings is 1. The maximum Gasteiger partial charge on any atom is 0.416 e. The maximum absolute atomic E-state index is 14.1. The van der Waals surface area contributed by atoms with Crippen molar-refractivity contribution in [3.05, 3.63) is 76.3 Å². The number of ether oxygens (including phenoxy) is 2. The van der Waals surface area contributed by atoms with Gasteiger partial charge in [0.15, 0.2) is 0 Å². The SMILES string of the molecule is Cc1ccccc1-c1cc(N2CCC(N3CCOCC3)CC2)nc2c1C(=O)N(Cc1cc(C(F)(F)F)cc(C(F)(F)F)c1)CCO2. The van der Waals surface area contributed by atoms with E-state index in [1.165, 1.54) is 4.90 Å². The Hall–Kier alpha value is -3.84. The number of pyridine rings is 1. The fraction of sp³-hybridized carbons (Fsp3) is 0.455. The Morgan fingerprint density at radius 1 is 0.826 bits per heavy atom. The van der Waals surface area contributed by atoms with Gasteiger partial charge in [0.1, 0.15) is 18.0 Å². The number of hydrogen-bond donors (Lipinski definition) is 0. The van der Waals surface area contributed by atoms with Crippen LogP contribution in [-0.4, -0.2) is 79.3 Å². The number of alkyl halides is 6. The molecular formula is C33H34F6N4O3. The molecule has 3 aromatic rings. The Kier molecular flexibility index (Phi) is 8.90. The zero-order chi connectivity index (χ0) is 32.6. The molecule has 0 spiro atoms. The molecule has 46 heavy (non-hydrogen) atoms. The van der Waals surface area contributed by atoms with Crippen molar-refractivity contribution in [1.82, 2.24) is 14.8 Å². The molecule has 0 unspecified atom stereocenters. The van der Waals surface area contributed by atoms with Crippen molar-refractivity contribution in [3.8, 4) is 17.0 Å². The molecule has 1 amide bonds. The third-order valence-corrected chi connectivity index (χ3v) is 8.88. The van der Waals surface area contributed by atoms with Crippen LogP contribution in [0.2, 0.25) is 0 Å². The fourth-order valence-electron chi connectivity index (χ4n) is 6.47. The number of halogens is 6. The third-order valence-electron chi connectivity index (χ3n) is 8.88. The molecule has 6 rings (SSSR count). The van der Waals surface area contributed by atoms with Gasteiger partial charge in [-0.15, -0.1) is 0 Å². The minimum absolute atomic E-state index is 0.0351. The van der Waals surface area contributed by atoms with Crippen molar-refractivity contribution in [2.75, 3.05) is 57.4 Å². The van der Waals surface area contributed by atoms with E-state index in [0.717, 1.165) is 63.4 Å². The summed E-state index contributed by atoms with van der Waals surface area (Å²) >= 11 is 0. The first-order chi connectivity index (χ1) is 21.9. The number of amides is 1. The van der Waals surface area contributed by atoms with Crippen LogP contribution in [0.25, 0.3) is 11.1 Å². The van der Waals surface area contributed by atoms with E-state index >= 15 is 0 Å². The van der Waals surface area contributed by atoms with E-state index in [1.54, 1.807) is 0 Å². The van der Waals surface area contributed by atoms with Crippen LogP contribution in [0.1, 0.15) is 45.5 Å². The summed E-state index contributed by atoms with van der Waals surface area (Å²) in [5.74, 6) is 0.159. The number of anilines is 1. The van der Waals surface area contributed by atoms with Gasteiger partial charge in [0.25, 0.3) is 5.91 Å². The topological polar surface area (TPSA) is 58.1 Å². The molecule has 2 fully saturated rings. The Morgan fingerprint density at radius 3 is 2.11 bits per heavy atom.